The van der Waals surface area contributed by atoms with E-state index in [0.717, 1.165) is 17.5 Å². The van der Waals surface area contributed by atoms with E-state index in [-0.39, 0.29) is 23.6 Å². The van der Waals surface area contributed by atoms with E-state index in [9.17, 15) is 14.7 Å². The lowest BCUT2D eigenvalue weighted by Crippen LogP contribution is -2.34. The third-order valence-corrected chi connectivity index (χ3v) is 4.54. The number of amides is 1. The smallest absolute Gasteiger partial charge is 0.358 e. The summed E-state index contributed by atoms with van der Waals surface area (Å²) in [6.07, 6.45) is 1.52. The molecule has 0 aliphatic carbocycles. The van der Waals surface area contributed by atoms with E-state index in [2.05, 4.69) is 15.4 Å². The number of nitrogens with one attached hydrogen (secondary N) is 1. The summed E-state index contributed by atoms with van der Waals surface area (Å²) in [6.45, 7) is 4.48. The number of carboxylic acids is 1. The molecule has 1 amide bonds. The molecule has 0 radical (unpaired) electrons. The van der Waals surface area contributed by atoms with Gasteiger partial charge < -0.3 is 10.0 Å². The van der Waals surface area contributed by atoms with Gasteiger partial charge in [0.2, 0.25) is 5.91 Å². The lowest BCUT2D eigenvalue weighted by molar-refractivity contribution is -0.133. The highest BCUT2D eigenvalue weighted by atomic mass is 16.4. The molecule has 1 aliphatic rings. The minimum absolute atomic E-state index is 0.0116. The van der Waals surface area contributed by atoms with E-state index < -0.39 is 5.97 Å². The van der Waals surface area contributed by atoms with E-state index in [0.29, 0.717) is 18.7 Å². The third-order valence-electron chi connectivity index (χ3n) is 4.54. The SMILES string of the molecule is Cc1cccc(C(C)C(=O)N2CCCC2c2n[nH]nc2C(=O)O)c1. The Morgan fingerprint density at radius 3 is 2.88 bits per heavy atom. The van der Waals surface area contributed by atoms with Crippen LogP contribution in [0.1, 0.15) is 59.0 Å². The van der Waals surface area contributed by atoms with Crippen molar-refractivity contribution < 1.29 is 14.7 Å². The van der Waals surface area contributed by atoms with Gasteiger partial charge in [0.15, 0.2) is 5.69 Å². The molecule has 126 valence electrons. The number of nitrogens with zero attached hydrogens (tertiary/aromatic N) is 3. The highest BCUT2D eigenvalue weighted by Crippen LogP contribution is 2.34. The van der Waals surface area contributed by atoms with Crippen molar-refractivity contribution in [3.05, 3.63) is 46.8 Å². The highest BCUT2D eigenvalue weighted by molar-refractivity contribution is 5.87. The summed E-state index contributed by atoms with van der Waals surface area (Å²) in [6, 6.07) is 7.55. The van der Waals surface area contributed by atoms with Crippen molar-refractivity contribution >= 4 is 11.9 Å². The molecule has 3 rings (SSSR count). The maximum atomic E-state index is 13.0. The monoisotopic (exact) mass is 328 g/mol. The first-order chi connectivity index (χ1) is 11.5. The summed E-state index contributed by atoms with van der Waals surface area (Å²) in [5, 5.41) is 19.3. The molecule has 0 bridgehead atoms. The van der Waals surface area contributed by atoms with Crippen LogP contribution in [0.3, 0.4) is 0 Å². The number of likely N-dealkylation sites (tertiary alicyclic amines) is 1. The molecule has 1 aliphatic heterocycles. The second-order valence-electron chi connectivity index (χ2n) is 6.19. The van der Waals surface area contributed by atoms with Crippen molar-refractivity contribution in [2.45, 2.75) is 38.6 Å². The molecule has 1 fully saturated rings. The number of aromatic amines is 1. The van der Waals surface area contributed by atoms with Crippen molar-refractivity contribution in [2.24, 2.45) is 0 Å². The Bertz CT molecular complexity index is 771. The van der Waals surface area contributed by atoms with Gasteiger partial charge in [-0.15, -0.1) is 5.10 Å². The third kappa shape index (κ3) is 2.89. The number of aromatic nitrogens is 3. The Morgan fingerprint density at radius 2 is 2.17 bits per heavy atom. The number of hydrogen-bond donors (Lipinski definition) is 2. The van der Waals surface area contributed by atoms with E-state index in [4.69, 9.17) is 0 Å². The molecule has 2 heterocycles. The van der Waals surface area contributed by atoms with Crippen LogP contribution in [0.4, 0.5) is 0 Å². The number of carbonyl (C=O) groups is 2. The number of rotatable bonds is 4. The Balaban J connectivity index is 1.86. The van der Waals surface area contributed by atoms with Gasteiger partial charge in [-0.25, -0.2) is 4.79 Å². The van der Waals surface area contributed by atoms with Crippen LogP contribution < -0.4 is 0 Å². The summed E-state index contributed by atoms with van der Waals surface area (Å²) in [5.41, 5.74) is 2.30. The molecule has 7 nitrogen and oxygen atoms in total. The zero-order chi connectivity index (χ0) is 17.3. The Kier molecular flexibility index (Phi) is 4.33. The fourth-order valence-electron chi connectivity index (χ4n) is 3.27. The van der Waals surface area contributed by atoms with E-state index in [1.807, 2.05) is 38.1 Å². The molecule has 1 saturated heterocycles. The summed E-state index contributed by atoms with van der Waals surface area (Å²) >= 11 is 0. The maximum Gasteiger partial charge on any atom is 0.358 e. The van der Waals surface area contributed by atoms with Gasteiger partial charge in [-0.3, -0.25) is 4.79 Å². The average molecular weight is 328 g/mol. The molecule has 0 spiro atoms. The van der Waals surface area contributed by atoms with Crippen LogP contribution in [-0.2, 0) is 4.79 Å². The number of H-pyrrole nitrogens is 1. The fourth-order valence-corrected chi connectivity index (χ4v) is 3.27. The Labute approximate surface area is 139 Å². The normalized spacial score (nSPS) is 18.6. The van der Waals surface area contributed by atoms with Crippen molar-refractivity contribution in [2.75, 3.05) is 6.54 Å². The number of carboxylic acid groups (broad SMARTS) is 1. The highest BCUT2D eigenvalue weighted by Gasteiger charge is 2.37. The molecule has 2 N–H and O–H groups in total. The number of carbonyl (C=O) groups excluding carboxylic acids is 1. The van der Waals surface area contributed by atoms with Crippen LogP contribution in [-0.4, -0.2) is 43.8 Å². The van der Waals surface area contributed by atoms with Gasteiger partial charge in [0.25, 0.3) is 0 Å². The summed E-state index contributed by atoms with van der Waals surface area (Å²) in [4.78, 5) is 26.0. The quantitative estimate of drug-likeness (QED) is 0.897. The Hall–Kier alpha value is -2.70. The molecule has 2 aromatic rings. The molecule has 0 saturated carbocycles. The molecular formula is C17H20N4O3. The van der Waals surface area contributed by atoms with Gasteiger partial charge in [0, 0.05) is 6.54 Å². The minimum atomic E-state index is -1.13. The van der Waals surface area contributed by atoms with Crippen LogP contribution in [0.2, 0.25) is 0 Å². The average Bonchev–Trinajstić information content (AvgIpc) is 3.21. The van der Waals surface area contributed by atoms with E-state index >= 15 is 0 Å². The molecular weight excluding hydrogens is 308 g/mol. The molecule has 1 aromatic heterocycles. The largest absolute Gasteiger partial charge is 0.476 e. The molecule has 1 aromatic carbocycles. The lowest BCUT2D eigenvalue weighted by Gasteiger charge is -2.27. The second-order valence-corrected chi connectivity index (χ2v) is 6.19. The first kappa shape index (κ1) is 16.2. The zero-order valence-electron chi connectivity index (χ0n) is 13.7. The van der Waals surface area contributed by atoms with Crippen LogP contribution in [0, 0.1) is 6.92 Å². The van der Waals surface area contributed by atoms with Crippen molar-refractivity contribution in [1.82, 2.24) is 20.3 Å². The lowest BCUT2D eigenvalue weighted by atomic mass is 9.97. The summed E-state index contributed by atoms with van der Waals surface area (Å²) < 4.78 is 0. The number of benzene rings is 1. The topological polar surface area (TPSA) is 99.2 Å². The number of aromatic carboxylic acids is 1. The number of aryl methyl sites for hydroxylation is 1. The van der Waals surface area contributed by atoms with Crippen LogP contribution in [0.15, 0.2) is 24.3 Å². The first-order valence-electron chi connectivity index (χ1n) is 8.00. The van der Waals surface area contributed by atoms with Crippen LogP contribution >= 0.6 is 0 Å². The van der Waals surface area contributed by atoms with Gasteiger partial charge in [0.05, 0.1) is 12.0 Å². The zero-order valence-corrected chi connectivity index (χ0v) is 13.7. The van der Waals surface area contributed by atoms with Crippen LogP contribution in [0.5, 0.6) is 0 Å². The predicted molar refractivity (Wildman–Crippen MR) is 86.6 cm³/mol. The van der Waals surface area contributed by atoms with E-state index in [1.54, 1.807) is 4.90 Å². The molecule has 24 heavy (non-hydrogen) atoms. The van der Waals surface area contributed by atoms with Gasteiger partial charge in [0.1, 0.15) is 5.69 Å². The molecule has 2 atom stereocenters. The maximum absolute atomic E-state index is 13.0. The van der Waals surface area contributed by atoms with Crippen molar-refractivity contribution in [3.63, 3.8) is 0 Å². The molecule has 7 heteroatoms. The molecule has 2 unspecified atom stereocenters. The summed E-state index contributed by atoms with van der Waals surface area (Å²) in [7, 11) is 0. The van der Waals surface area contributed by atoms with Gasteiger partial charge in [-0.1, -0.05) is 29.8 Å². The second kappa shape index (κ2) is 6.43. The van der Waals surface area contributed by atoms with Crippen LogP contribution in [0.25, 0.3) is 0 Å². The minimum Gasteiger partial charge on any atom is -0.476 e. The first-order valence-corrected chi connectivity index (χ1v) is 8.00. The predicted octanol–water partition coefficient (Wildman–Crippen LogP) is 2.28. The number of hydrogen-bond acceptors (Lipinski definition) is 4. The summed E-state index contributed by atoms with van der Waals surface area (Å²) in [5.74, 6) is -1.43. The Morgan fingerprint density at radius 1 is 1.38 bits per heavy atom. The van der Waals surface area contributed by atoms with E-state index in [1.165, 1.54) is 0 Å². The van der Waals surface area contributed by atoms with Crippen molar-refractivity contribution in [3.8, 4) is 0 Å². The fraction of sp³-hybridized carbons (Fsp3) is 0.412. The van der Waals surface area contributed by atoms with Gasteiger partial charge >= 0.3 is 5.97 Å². The van der Waals surface area contributed by atoms with Crippen molar-refractivity contribution in [1.29, 1.82) is 0 Å². The van der Waals surface area contributed by atoms with Gasteiger partial charge in [-0.2, -0.15) is 10.3 Å². The van der Waals surface area contributed by atoms with Gasteiger partial charge in [-0.05, 0) is 32.3 Å². The standard InChI is InChI=1S/C17H20N4O3/c1-10-5-3-6-12(9-10)11(2)16(22)21-8-4-7-13(21)14-15(17(23)24)19-20-18-14/h3,5-6,9,11,13H,4,7-8H2,1-2H3,(H,23,24)(H,18,19,20).